The van der Waals surface area contributed by atoms with Crippen LogP contribution in [0, 0.1) is 0 Å². The largest absolute Gasteiger partial charge is 0.469 e. The quantitative estimate of drug-likeness (QED) is 0.824. The third kappa shape index (κ3) is 4.28. The Morgan fingerprint density at radius 2 is 2.00 bits per heavy atom. The topological polar surface area (TPSA) is 72.5 Å². The SMILES string of the molecule is COC(=O)Cc1ccccc1CNC1(C)CCS(=O)(=O)C1. The number of hydrogen-bond acceptors (Lipinski definition) is 5. The molecule has 0 aromatic heterocycles. The third-order valence-electron chi connectivity index (χ3n) is 3.89. The molecule has 0 bridgehead atoms. The Hall–Kier alpha value is -1.40. The van der Waals surface area contributed by atoms with Crippen molar-refractivity contribution >= 4 is 15.8 Å². The minimum atomic E-state index is -2.93. The highest BCUT2D eigenvalue weighted by Crippen LogP contribution is 2.23. The number of ether oxygens (including phenoxy) is 1. The number of esters is 1. The van der Waals surface area contributed by atoms with Gasteiger partial charge in [0.15, 0.2) is 9.84 Å². The number of nitrogens with one attached hydrogen (secondary N) is 1. The summed E-state index contributed by atoms with van der Waals surface area (Å²) in [6.07, 6.45) is 0.845. The van der Waals surface area contributed by atoms with Crippen LogP contribution in [0.4, 0.5) is 0 Å². The summed E-state index contributed by atoms with van der Waals surface area (Å²) in [6, 6.07) is 7.62. The molecule has 1 aliphatic heterocycles. The molecule has 116 valence electrons. The molecular formula is C15H21NO4S. The van der Waals surface area contributed by atoms with Crippen molar-refractivity contribution in [2.24, 2.45) is 0 Å². The first-order valence-corrected chi connectivity index (χ1v) is 8.75. The third-order valence-corrected chi connectivity index (χ3v) is 5.79. The number of methoxy groups -OCH3 is 1. The Morgan fingerprint density at radius 3 is 2.57 bits per heavy atom. The zero-order valence-corrected chi connectivity index (χ0v) is 13.2. The summed E-state index contributed by atoms with van der Waals surface area (Å²) in [5.41, 5.74) is 1.51. The molecule has 0 amide bonds. The fourth-order valence-electron chi connectivity index (χ4n) is 2.59. The van der Waals surface area contributed by atoms with Gasteiger partial charge in [0.1, 0.15) is 0 Å². The summed E-state index contributed by atoms with van der Waals surface area (Å²) in [5.74, 6) is 0.122. The predicted molar refractivity (Wildman–Crippen MR) is 80.7 cm³/mol. The molecule has 6 heteroatoms. The lowest BCUT2D eigenvalue weighted by atomic mass is 9.99. The van der Waals surface area contributed by atoms with Gasteiger partial charge in [-0.2, -0.15) is 0 Å². The average molecular weight is 311 g/mol. The molecule has 2 rings (SSSR count). The van der Waals surface area contributed by atoms with Gasteiger partial charge >= 0.3 is 5.97 Å². The molecule has 1 heterocycles. The van der Waals surface area contributed by atoms with Gasteiger partial charge in [-0.3, -0.25) is 4.79 Å². The van der Waals surface area contributed by atoms with Gasteiger partial charge in [0.25, 0.3) is 0 Å². The van der Waals surface area contributed by atoms with Crippen molar-refractivity contribution in [1.29, 1.82) is 0 Å². The van der Waals surface area contributed by atoms with Crippen LogP contribution in [0.1, 0.15) is 24.5 Å². The number of carbonyl (C=O) groups excluding carboxylic acids is 1. The van der Waals surface area contributed by atoms with Gasteiger partial charge in [0, 0.05) is 12.1 Å². The van der Waals surface area contributed by atoms with Crippen LogP contribution < -0.4 is 5.32 Å². The van der Waals surface area contributed by atoms with Gasteiger partial charge in [-0.15, -0.1) is 0 Å². The van der Waals surface area contributed by atoms with E-state index in [1.165, 1.54) is 7.11 Å². The number of benzene rings is 1. The molecule has 1 saturated heterocycles. The number of sulfone groups is 1. The molecule has 1 N–H and O–H groups in total. The standard InChI is InChI=1S/C15H21NO4S/c1-15(7-8-21(18,19)11-15)16-10-13-6-4-3-5-12(13)9-14(17)20-2/h3-6,16H,7-11H2,1-2H3. The molecule has 21 heavy (non-hydrogen) atoms. The van der Waals surface area contributed by atoms with Crippen LogP contribution in [0.3, 0.4) is 0 Å². The zero-order valence-electron chi connectivity index (χ0n) is 12.4. The lowest BCUT2D eigenvalue weighted by molar-refractivity contribution is -0.139. The van der Waals surface area contributed by atoms with Crippen LogP contribution in [0.2, 0.25) is 0 Å². The second-order valence-electron chi connectivity index (χ2n) is 5.78. The van der Waals surface area contributed by atoms with Gasteiger partial charge in [0.05, 0.1) is 25.0 Å². The molecule has 0 saturated carbocycles. The van der Waals surface area contributed by atoms with Crippen molar-refractivity contribution in [3.05, 3.63) is 35.4 Å². The minimum absolute atomic E-state index is 0.166. The maximum absolute atomic E-state index is 11.6. The molecular weight excluding hydrogens is 290 g/mol. The van der Waals surface area contributed by atoms with Crippen molar-refractivity contribution in [2.45, 2.75) is 31.8 Å². The van der Waals surface area contributed by atoms with Crippen molar-refractivity contribution in [1.82, 2.24) is 5.32 Å². The minimum Gasteiger partial charge on any atom is -0.469 e. The van der Waals surface area contributed by atoms with Crippen LogP contribution in [0.25, 0.3) is 0 Å². The lowest BCUT2D eigenvalue weighted by Crippen LogP contribution is -2.43. The highest BCUT2D eigenvalue weighted by molar-refractivity contribution is 7.91. The number of hydrogen-bond donors (Lipinski definition) is 1. The molecule has 5 nitrogen and oxygen atoms in total. The van der Waals surface area contributed by atoms with Crippen molar-refractivity contribution < 1.29 is 17.9 Å². The summed E-state index contributed by atoms with van der Waals surface area (Å²) in [7, 11) is -1.56. The molecule has 0 aliphatic carbocycles. The van der Waals surface area contributed by atoms with E-state index < -0.39 is 15.4 Å². The van der Waals surface area contributed by atoms with E-state index in [4.69, 9.17) is 4.74 Å². The molecule has 1 unspecified atom stereocenters. The Labute approximate surface area is 125 Å². The fourth-order valence-corrected chi connectivity index (χ4v) is 4.71. The van der Waals surface area contributed by atoms with Crippen molar-refractivity contribution in [3.8, 4) is 0 Å². The van der Waals surface area contributed by atoms with Gasteiger partial charge in [0.2, 0.25) is 0 Å². The van der Waals surface area contributed by atoms with Crippen LogP contribution in [-0.2, 0) is 32.3 Å². The van der Waals surface area contributed by atoms with E-state index >= 15 is 0 Å². The lowest BCUT2D eigenvalue weighted by Gasteiger charge is -2.24. The number of carbonyl (C=O) groups is 1. The Morgan fingerprint density at radius 1 is 1.33 bits per heavy atom. The molecule has 1 aliphatic rings. The molecule has 1 aromatic carbocycles. The van der Waals surface area contributed by atoms with E-state index in [1.807, 2.05) is 31.2 Å². The van der Waals surface area contributed by atoms with Crippen LogP contribution >= 0.6 is 0 Å². The first-order valence-electron chi connectivity index (χ1n) is 6.93. The highest BCUT2D eigenvalue weighted by atomic mass is 32.2. The summed E-state index contributed by atoms with van der Waals surface area (Å²) >= 11 is 0. The Kier molecular flexibility index (Phi) is 4.68. The Bertz CT molecular complexity index is 626. The van der Waals surface area contributed by atoms with E-state index in [0.29, 0.717) is 13.0 Å². The van der Waals surface area contributed by atoms with Crippen LogP contribution in [0.15, 0.2) is 24.3 Å². The normalized spacial score (nSPS) is 23.9. The number of rotatable bonds is 5. The van der Waals surface area contributed by atoms with Crippen LogP contribution in [-0.4, -0.2) is 38.5 Å². The average Bonchev–Trinajstić information content (AvgIpc) is 2.72. The predicted octanol–water partition coefficient (Wildman–Crippen LogP) is 1.07. The summed E-state index contributed by atoms with van der Waals surface area (Å²) in [6.45, 7) is 2.47. The van der Waals surface area contributed by atoms with E-state index in [-0.39, 0.29) is 23.9 Å². The van der Waals surface area contributed by atoms with Crippen molar-refractivity contribution in [2.75, 3.05) is 18.6 Å². The van der Waals surface area contributed by atoms with E-state index in [1.54, 1.807) is 0 Å². The molecule has 1 fully saturated rings. The zero-order chi connectivity index (χ0) is 15.5. The van der Waals surface area contributed by atoms with E-state index in [0.717, 1.165) is 11.1 Å². The first kappa shape index (κ1) is 16.0. The second kappa shape index (κ2) is 6.15. The second-order valence-corrected chi connectivity index (χ2v) is 7.96. The fraction of sp³-hybridized carbons (Fsp3) is 0.533. The summed E-state index contributed by atoms with van der Waals surface area (Å²) in [4.78, 5) is 11.4. The summed E-state index contributed by atoms with van der Waals surface area (Å²) in [5, 5.41) is 3.33. The molecule has 1 aromatic rings. The smallest absolute Gasteiger partial charge is 0.309 e. The van der Waals surface area contributed by atoms with Gasteiger partial charge < -0.3 is 10.1 Å². The highest BCUT2D eigenvalue weighted by Gasteiger charge is 2.37. The van der Waals surface area contributed by atoms with E-state index in [2.05, 4.69) is 5.32 Å². The maximum atomic E-state index is 11.6. The van der Waals surface area contributed by atoms with Crippen LogP contribution in [0.5, 0.6) is 0 Å². The Balaban J connectivity index is 2.05. The van der Waals surface area contributed by atoms with Gasteiger partial charge in [-0.05, 0) is 24.5 Å². The molecule has 0 spiro atoms. The summed E-state index contributed by atoms with van der Waals surface area (Å²) < 4.78 is 27.9. The maximum Gasteiger partial charge on any atom is 0.309 e. The van der Waals surface area contributed by atoms with Gasteiger partial charge in [-0.1, -0.05) is 24.3 Å². The molecule has 1 atom stereocenters. The molecule has 0 radical (unpaired) electrons. The van der Waals surface area contributed by atoms with E-state index in [9.17, 15) is 13.2 Å². The van der Waals surface area contributed by atoms with Gasteiger partial charge in [-0.25, -0.2) is 8.42 Å². The first-order chi connectivity index (χ1) is 9.84. The monoisotopic (exact) mass is 311 g/mol. The van der Waals surface area contributed by atoms with Crippen molar-refractivity contribution in [3.63, 3.8) is 0 Å².